The van der Waals surface area contributed by atoms with Gasteiger partial charge in [-0.1, -0.05) is 12.1 Å². The maximum absolute atomic E-state index is 13.7. The Morgan fingerprint density at radius 1 is 1.11 bits per heavy atom. The van der Waals surface area contributed by atoms with Crippen molar-refractivity contribution in [1.82, 2.24) is 9.97 Å². The van der Waals surface area contributed by atoms with Gasteiger partial charge in [-0.2, -0.15) is 0 Å². The standard InChI is InChI=1S/C13H13F2N3/c1-8(10-3-5-11(14)6-4-10)18-13-12(15)9(2)16-7-17-13/h3-8H,1-2H3,(H,16,17,18). The summed E-state index contributed by atoms with van der Waals surface area (Å²) in [7, 11) is 0. The average Bonchev–Trinajstić information content (AvgIpc) is 2.36. The van der Waals surface area contributed by atoms with E-state index in [1.54, 1.807) is 19.1 Å². The van der Waals surface area contributed by atoms with Crippen LogP contribution in [0.15, 0.2) is 30.6 Å². The van der Waals surface area contributed by atoms with E-state index in [0.29, 0.717) is 5.69 Å². The van der Waals surface area contributed by atoms with Crippen LogP contribution in [0.1, 0.15) is 24.2 Å². The molecule has 0 spiro atoms. The normalized spacial score (nSPS) is 12.2. The first-order valence-electron chi connectivity index (χ1n) is 5.57. The molecule has 0 aliphatic heterocycles. The van der Waals surface area contributed by atoms with Gasteiger partial charge >= 0.3 is 0 Å². The Kier molecular flexibility index (Phi) is 3.50. The number of hydrogen-bond acceptors (Lipinski definition) is 3. The van der Waals surface area contributed by atoms with E-state index in [9.17, 15) is 8.78 Å². The number of nitrogens with one attached hydrogen (secondary N) is 1. The Bertz CT molecular complexity index is 540. The van der Waals surface area contributed by atoms with E-state index >= 15 is 0 Å². The van der Waals surface area contributed by atoms with Gasteiger partial charge in [0.15, 0.2) is 11.6 Å². The van der Waals surface area contributed by atoms with Gasteiger partial charge in [-0.15, -0.1) is 0 Å². The van der Waals surface area contributed by atoms with E-state index in [4.69, 9.17) is 0 Å². The largest absolute Gasteiger partial charge is 0.361 e. The van der Waals surface area contributed by atoms with Crippen molar-refractivity contribution in [1.29, 1.82) is 0 Å². The molecular formula is C13H13F2N3. The number of aromatic nitrogens is 2. The molecule has 0 radical (unpaired) electrons. The minimum Gasteiger partial charge on any atom is -0.361 e. The SMILES string of the molecule is Cc1ncnc(NC(C)c2ccc(F)cc2)c1F. The van der Waals surface area contributed by atoms with Gasteiger partial charge in [0, 0.05) is 0 Å². The second-order valence-electron chi connectivity index (χ2n) is 4.04. The molecule has 0 fully saturated rings. The van der Waals surface area contributed by atoms with Crippen molar-refractivity contribution in [3.8, 4) is 0 Å². The number of benzene rings is 1. The maximum Gasteiger partial charge on any atom is 0.186 e. The molecule has 3 nitrogen and oxygen atoms in total. The summed E-state index contributed by atoms with van der Waals surface area (Å²) in [5.74, 6) is -0.610. The molecule has 1 aromatic carbocycles. The molecule has 0 aliphatic carbocycles. The number of aryl methyl sites for hydroxylation is 1. The summed E-state index contributed by atoms with van der Waals surface area (Å²) in [6.45, 7) is 3.43. The Labute approximate surface area is 104 Å². The highest BCUT2D eigenvalue weighted by atomic mass is 19.1. The van der Waals surface area contributed by atoms with Crippen LogP contribution in [0.3, 0.4) is 0 Å². The van der Waals surface area contributed by atoms with E-state index in [1.165, 1.54) is 18.5 Å². The van der Waals surface area contributed by atoms with Crippen molar-refractivity contribution >= 4 is 5.82 Å². The zero-order valence-electron chi connectivity index (χ0n) is 10.1. The highest BCUT2D eigenvalue weighted by molar-refractivity contribution is 5.40. The van der Waals surface area contributed by atoms with Crippen LogP contribution in [-0.2, 0) is 0 Å². The molecule has 1 atom stereocenters. The monoisotopic (exact) mass is 249 g/mol. The number of rotatable bonds is 3. The fourth-order valence-electron chi connectivity index (χ4n) is 1.60. The predicted molar refractivity (Wildman–Crippen MR) is 65.2 cm³/mol. The molecule has 1 heterocycles. The Hall–Kier alpha value is -2.04. The first-order valence-corrected chi connectivity index (χ1v) is 5.57. The summed E-state index contributed by atoms with van der Waals surface area (Å²) in [6.07, 6.45) is 1.30. The van der Waals surface area contributed by atoms with Crippen LogP contribution in [0, 0.1) is 18.6 Å². The van der Waals surface area contributed by atoms with Crippen molar-refractivity contribution in [2.24, 2.45) is 0 Å². The van der Waals surface area contributed by atoms with Crippen LogP contribution in [0.25, 0.3) is 0 Å². The third kappa shape index (κ3) is 2.61. The van der Waals surface area contributed by atoms with E-state index in [2.05, 4.69) is 15.3 Å². The van der Waals surface area contributed by atoms with Crippen molar-refractivity contribution < 1.29 is 8.78 Å². The Morgan fingerprint density at radius 2 is 1.78 bits per heavy atom. The molecule has 5 heteroatoms. The fourth-order valence-corrected chi connectivity index (χ4v) is 1.60. The first kappa shape index (κ1) is 12.4. The number of hydrogen-bond donors (Lipinski definition) is 1. The van der Waals surface area contributed by atoms with Gasteiger partial charge in [-0.3, -0.25) is 0 Å². The lowest BCUT2D eigenvalue weighted by molar-refractivity contribution is 0.601. The van der Waals surface area contributed by atoms with E-state index in [0.717, 1.165) is 5.56 Å². The maximum atomic E-state index is 13.7. The highest BCUT2D eigenvalue weighted by Gasteiger charge is 2.11. The summed E-state index contributed by atoms with van der Waals surface area (Å²) in [6, 6.07) is 5.87. The second-order valence-corrected chi connectivity index (χ2v) is 4.04. The van der Waals surface area contributed by atoms with Gasteiger partial charge in [0.1, 0.15) is 12.1 Å². The smallest absolute Gasteiger partial charge is 0.186 e. The van der Waals surface area contributed by atoms with Gasteiger partial charge in [-0.05, 0) is 31.5 Å². The lowest BCUT2D eigenvalue weighted by Crippen LogP contribution is -2.10. The number of nitrogens with zero attached hydrogens (tertiary/aromatic N) is 2. The summed E-state index contributed by atoms with van der Waals surface area (Å²) in [4.78, 5) is 7.61. The zero-order valence-corrected chi connectivity index (χ0v) is 10.1. The highest BCUT2D eigenvalue weighted by Crippen LogP contribution is 2.20. The first-order chi connectivity index (χ1) is 8.58. The third-order valence-corrected chi connectivity index (χ3v) is 2.69. The van der Waals surface area contributed by atoms with E-state index in [-0.39, 0.29) is 17.7 Å². The molecule has 18 heavy (non-hydrogen) atoms. The topological polar surface area (TPSA) is 37.8 Å². The molecule has 0 saturated carbocycles. The van der Waals surface area contributed by atoms with E-state index < -0.39 is 5.82 Å². The van der Waals surface area contributed by atoms with Crippen molar-refractivity contribution in [3.05, 3.63) is 53.5 Å². The fraction of sp³-hybridized carbons (Fsp3) is 0.231. The lowest BCUT2D eigenvalue weighted by atomic mass is 10.1. The molecule has 2 aromatic rings. The molecule has 0 amide bonds. The van der Waals surface area contributed by atoms with Crippen LogP contribution >= 0.6 is 0 Å². The predicted octanol–water partition coefficient (Wildman–Crippen LogP) is 3.24. The van der Waals surface area contributed by atoms with Crippen LogP contribution in [0.5, 0.6) is 0 Å². The molecular weight excluding hydrogens is 236 g/mol. The Morgan fingerprint density at radius 3 is 2.44 bits per heavy atom. The van der Waals surface area contributed by atoms with Crippen LogP contribution in [-0.4, -0.2) is 9.97 Å². The van der Waals surface area contributed by atoms with Crippen LogP contribution < -0.4 is 5.32 Å². The molecule has 0 bridgehead atoms. The van der Waals surface area contributed by atoms with Crippen LogP contribution in [0.4, 0.5) is 14.6 Å². The molecule has 94 valence electrons. The zero-order chi connectivity index (χ0) is 13.1. The van der Waals surface area contributed by atoms with Crippen LogP contribution in [0.2, 0.25) is 0 Å². The van der Waals surface area contributed by atoms with Crippen molar-refractivity contribution in [3.63, 3.8) is 0 Å². The molecule has 1 aromatic heterocycles. The molecule has 0 saturated heterocycles. The molecule has 1 unspecified atom stereocenters. The van der Waals surface area contributed by atoms with Gasteiger partial charge in [-0.25, -0.2) is 18.7 Å². The minimum absolute atomic E-state index is 0.152. The second kappa shape index (κ2) is 5.08. The third-order valence-electron chi connectivity index (χ3n) is 2.69. The van der Waals surface area contributed by atoms with Gasteiger partial charge in [0.05, 0.1) is 11.7 Å². The Balaban J connectivity index is 2.18. The average molecular weight is 249 g/mol. The quantitative estimate of drug-likeness (QED) is 0.907. The molecule has 0 aliphatic rings. The summed E-state index contributed by atoms with van der Waals surface area (Å²) < 4.78 is 26.5. The van der Waals surface area contributed by atoms with Crippen molar-refractivity contribution in [2.45, 2.75) is 19.9 Å². The van der Waals surface area contributed by atoms with Crippen molar-refractivity contribution in [2.75, 3.05) is 5.32 Å². The van der Waals surface area contributed by atoms with Gasteiger partial charge in [0.25, 0.3) is 0 Å². The minimum atomic E-state index is -0.466. The number of anilines is 1. The summed E-state index contributed by atoms with van der Waals surface area (Å²) >= 11 is 0. The summed E-state index contributed by atoms with van der Waals surface area (Å²) in [5, 5.41) is 2.94. The molecule has 1 N–H and O–H groups in total. The van der Waals surface area contributed by atoms with Gasteiger partial charge in [0.2, 0.25) is 0 Å². The number of halogens is 2. The van der Waals surface area contributed by atoms with Gasteiger partial charge < -0.3 is 5.32 Å². The summed E-state index contributed by atoms with van der Waals surface area (Å²) in [5.41, 5.74) is 1.14. The lowest BCUT2D eigenvalue weighted by Gasteiger charge is -2.15. The molecule has 2 rings (SSSR count). The van der Waals surface area contributed by atoms with E-state index in [1.807, 2.05) is 6.92 Å².